The van der Waals surface area contributed by atoms with Gasteiger partial charge < -0.3 is 5.73 Å². The number of rotatable bonds is 1. The minimum atomic E-state index is 0.361. The van der Waals surface area contributed by atoms with E-state index in [0.29, 0.717) is 15.8 Å². The molecule has 4 N–H and O–H groups in total. The number of hydrogen-bond donors (Lipinski definition) is 3. The first-order chi connectivity index (χ1) is 6.09. The summed E-state index contributed by atoms with van der Waals surface area (Å²) < 4.78 is 0. The normalized spacial score (nSPS) is 9.62. The number of benzene rings is 1. The third-order valence-electron chi connectivity index (χ3n) is 1.40. The Kier molecular flexibility index (Phi) is 3.08. The molecule has 1 aromatic carbocycles. The highest BCUT2D eigenvalue weighted by Crippen LogP contribution is 2.15. The van der Waals surface area contributed by atoms with E-state index in [-0.39, 0.29) is 0 Å². The van der Waals surface area contributed by atoms with Gasteiger partial charge in [0.2, 0.25) is 0 Å². The number of hydrogen-bond acceptors (Lipinski definition) is 4. The summed E-state index contributed by atoms with van der Waals surface area (Å²) in [5, 5.41) is 15.6. The molecule has 3 nitrogen and oxygen atoms in total. The molecule has 1 aromatic rings. The van der Waals surface area contributed by atoms with Gasteiger partial charge >= 0.3 is 0 Å². The summed E-state index contributed by atoms with van der Waals surface area (Å²) in [6.07, 6.45) is 0. The first-order valence-electron chi connectivity index (χ1n) is 3.77. The van der Waals surface area contributed by atoms with Crippen molar-refractivity contribution >= 4 is 27.5 Å². The monoisotopic (exact) mass is 193 g/mol. The molecule has 0 heterocycles. The lowest BCUT2D eigenvalue weighted by molar-refractivity contribution is 1.52. The van der Waals surface area contributed by atoms with Gasteiger partial charge in [-0.1, -0.05) is 23.9 Å². The van der Waals surface area contributed by atoms with Crippen LogP contribution in [-0.4, -0.2) is 10.1 Å². The molecule has 0 unspecified atom stereocenters. The van der Waals surface area contributed by atoms with Gasteiger partial charge in [0.1, 0.15) is 5.04 Å². The van der Waals surface area contributed by atoms with Crippen LogP contribution >= 0.6 is 11.8 Å². The third kappa shape index (κ3) is 2.91. The number of thioether (sulfide) groups is 1. The van der Waals surface area contributed by atoms with E-state index in [2.05, 4.69) is 0 Å². The second kappa shape index (κ2) is 4.09. The zero-order chi connectivity index (χ0) is 9.84. The molecule has 68 valence electrons. The SMILES string of the molecule is CC(=N)SC(=N)c1cccc(N)c1. The fraction of sp³-hybridized carbons (Fsp3) is 0.111. The predicted molar refractivity (Wildman–Crippen MR) is 58.7 cm³/mol. The van der Waals surface area contributed by atoms with Gasteiger partial charge in [-0.05, 0) is 19.1 Å². The van der Waals surface area contributed by atoms with Crippen LogP contribution < -0.4 is 5.73 Å². The van der Waals surface area contributed by atoms with E-state index in [9.17, 15) is 0 Å². The summed E-state index contributed by atoms with van der Waals surface area (Å²) in [5.41, 5.74) is 6.97. The Morgan fingerprint density at radius 3 is 2.62 bits per heavy atom. The maximum Gasteiger partial charge on any atom is 0.100 e. The minimum absolute atomic E-state index is 0.361. The van der Waals surface area contributed by atoms with Crippen LogP contribution in [0.2, 0.25) is 0 Å². The van der Waals surface area contributed by atoms with E-state index in [0.717, 1.165) is 17.3 Å². The highest BCUT2D eigenvalue weighted by Gasteiger charge is 2.02. The smallest absolute Gasteiger partial charge is 0.100 e. The molecule has 0 saturated carbocycles. The second-order valence-corrected chi connectivity index (χ2v) is 3.84. The van der Waals surface area contributed by atoms with Crippen molar-refractivity contribution in [3.05, 3.63) is 29.8 Å². The van der Waals surface area contributed by atoms with Crippen LogP contribution in [0, 0.1) is 10.8 Å². The van der Waals surface area contributed by atoms with E-state index >= 15 is 0 Å². The maximum absolute atomic E-state index is 7.62. The zero-order valence-electron chi connectivity index (χ0n) is 7.29. The quantitative estimate of drug-likeness (QED) is 0.364. The summed E-state index contributed by atoms with van der Waals surface area (Å²) >= 11 is 1.13. The molecule has 0 amide bonds. The van der Waals surface area contributed by atoms with Crippen LogP contribution in [0.3, 0.4) is 0 Å². The summed E-state index contributed by atoms with van der Waals surface area (Å²) in [4.78, 5) is 0. The Bertz CT molecular complexity index is 346. The van der Waals surface area contributed by atoms with Crippen LogP contribution in [0.4, 0.5) is 5.69 Å². The van der Waals surface area contributed by atoms with Gasteiger partial charge in [0.15, 0.2) is 0 Å². The Morgan fingerprint density at radius 2 is 2.08 bits per heavy atom. The van der Waals surface area contributed by atoms with Crippen molar-refractivity contribution in [3.63, 3.8) is 0 Å². The van der Waals surface area contributed by atoms with E-state index in [1.807, 2.05) is 6.07 Å². The molecule has 13 heavy (non-hydrogen) atoms. The highest BCUT2D eigenvalue weighted by atomic mass is 32.2. The van der Waals surface area contributed by atoms with Crippen molar-refractivity contribution in [1.82, 2.24) is 0 Å². The summed E-state index contributed by atoms with van der Waals surface area (Å²) in [6.45, 7) is 1.66. The number of nitrogens with one attached hydrogen (secondary N) is 2. The lowest BCUT2D eigenvalue weighted by Gasteiger charge is -2.02. The Morgan fingerprint density at radius 1 is 1.38 bits per heavy atom. The van der Waals surface area contributed by atoms with E-state index in [1.54, 1.807) is 25.1 Å². The first kappa shape index (κ1) is 9.80. The van der Waals surface area contributed by atoms with E-state index < -0.39 is 0 Å². The molecule has 0 radical (unpaired) electrons. The molecular weight excluding hydrogens is 182 g/mol. The molecule has 0 aromatic heterocycles. The summed E-state index contributed by atoms with van der Waals surface area (Å²) in [6, 6.07) is 7.13. The van der Waals surface area contributed by atoms with Crippen molar-refractivity contribution in [2.45, 2.75) is 6.92 Å². The van der Waals surface area contributed by atoms with E-state index in [4.69, 9.17) is 16.6 Å². The Balaban J connectivity index is 2.83. The van der Waals surface area contributed by atoms with Gasteiger partial charge in [-0.2, -0.15) is 0 Å². The van der Waals surface area contributed by atoms with Gasteiger partial charge in [0, 0.05) is 11.3 Å². The molecule has 0 aliphatic rings. The molecule has 0 aliphatic carbocycles. The zero-order valence-corrected chi connectivity index (χ0v) is 8.11. The fourth-order valence-corrected chi connectivity index (χ4v) is 1.44. The minimum Gasteiger partial charge on any atom is -0.399 e. The van der Waals surface area contributed by atoms with Gasteiger partial charge in [-0.25, -0.2) is 0 Å². The first-order valence-corrected chi connectivity index (χ1v) is 4.58. The second-order valence-electron chi connectivity index (χ2n) is 2.61. The highest BCUT2D eigenvalue weighted by molar-refractivity contribution is 8.26. The van der Waals surface area contributed by atoms with Crippen molar-refractivity contribution in [2.24, 2.45) is 0 Å². The topological polar surface area (TPSA) is 73.7 Å². The Labute approximate surface area is 81.4 Å². The summed E-state index contributed by atoms with van der Waals surface area (Å²) in [7, 11) is 0. The fourth-order valence-electron chi connectivity index (χ4n) is 0.892. The number of nitrogen functional groups attached to an aromatic ring is 1. The molecule has 1 rings (SSSR count). The molecule has 0 bridgehead atoms. The molecule has 0 fully saturated rings. The summed E-state index contributed by atoms with van der Waals surface area (Å²) in [5.74, 6) is 0. The van der Waals surface area contributed by atoms with Crippen LogP contribution in [0.1, 0.15) is 12.5 Å². The van der Waals surface area contributed by atoms with Gasteiger partial charge in [0.05, 0.1) is 5.04 Å². The number of anilines is 1. The lowest BCUT2D eigenvalue weighted by Crippen LogP contribution is -1.97. The van der Waals surface area contributed by atoms with Gasteiger partial charge in [-0.3, -0.25) is 10.8 Å². The van der Waals surface area contributed by atoms with Crippen LogP contribution in [0.25, 0.3) is 0 Å². The molecule has 0 spiro atoms. The lowest BCUT2D eigenvalue weighted by atomic mass is 10.2. The van der Waals surface area contributed by atoms with Crippen LogP contribution in [-0.2, 0) is 0 Å². The third-order valence-corrected chi connectivity index (χ3v) is 2.15. The molecule has 4 heteroatoms. The molecule has 0 saturated heterocycles. The molecular formula is C9H11N3S. The van der Waals surface area contributed by atoms with Crippen molar-refractivity contribution in [3.8, 4) is 0 Å². The van der Waals surface area contributed by atoms with Crippen molar-refractivity contribution in [1.29, 1.82) is 10.8 Å². The predicted octanol–water partition coefficient (Wildman–Crippen LogP) is 2.32. The Hall–Kier alpha value is -1.29. The maximum atomic E-state index is 7.62. The van der Waals surface area contributed by atoms with Crippen LogP contribution in [0.15, 0.2) is 24.3 Å². The van der Waals surface area contributed by atoms with Gasteiger partial charge in [0.25, 0.3) is 0 Å². The van der Waals surface area contributed by atoms with Crippen LogP contribution in [0.5, 0.6) is 0 Å². The van der Waals surface area contributed by atoms with E-state index in [1.165, 1.54) is 0 Å². The average Bonchev–Trinajstić information content (AvgIpc) is 2.03. The van der Waals surface area contributed by atoms with Crippen molar-refractivity contribution < 1.29 is 0 Å². The standard InChI is InChI=1S/C9H11N3S/c1-6(10)13-9(12)7-3-2-4-8(11)5-7/h2-5,10,12H,11H2,1H3. The number of nitrogens with two attached hydrogens (primary N) is 1. The van der Waals surface area contributed by atoms with Gasteiger partial charge in [-0.15, -0.1) is 0 Å². The largest absolute Gasteiger partial charge is 0.399 e. The average molecular weight is 193 g/mol. The van der Waals surface area contributed by atoms with Crippen molar-refractivity contribution in [2.75, 3.05) is 5.73 Å². The molecule has 0 aliphatic heterocycles. The molecule has 0 atom stereocenters.